The zero-order valence-electron chi connectivity index (χ0n) is 20.2. The van der Waals surface area contributed by atoms with E-state index in [-0.39, 0.29) is 6.10 Å². The molecule has 3 aromatic rings. The van der Waals surface area contributed by atoms with Crippen molar-refractivity contribution in [1.29, 1.82) is 0 Å². The Morgan fingerprint density at radius 2 is 1.53 bits per heavy atom. The monoisotopic (exact) mass is 459 g/mol. The lowest BCUT2D eigenvalue weighted by atomic mass is 9.87. The highest BCUT2D eigenvalue weighted by Gasteiger charge is 2.27. The maximum atomic E-state index is 6.37. The standard InChI is InChI=1S/C30H37NO3/c1-2-24-9-11-26(12-10-24)23-34-30-21-31-18-17-29(30)27-13-15-28(16-14-27)33-20-6-19-32-22-25-7-4-3-5-8-25/h3-5,7-16,29-31H,2,6,17-23H2,1H3. The van der Waals surface area contributed by atoms with Crippen molar-refractivity contribution in [2.75, 3.05) is 26.3 Å². The minimum absolute atomic E-state index is 0.174. The number of hydrogen-bond acceptors (Lipinski definition) is 4. The molecule has 3 aromatic carbocycles. The van der Waals surface area contributed by atoms with Gasteiger partial charge >= 0.3 is 0 Å². The molecule has 0 aliphatic carbocycles. The van der Waals surface area contributed by atoms with E-state index in [1.54, 1.807) is 0 Å². The molecule has 180 valence electrons. The molecule has 0 bridgehead atoms. The highest BCUT2D eigenvalue weighted by Crippen LogP contribution is 2.29. The summed E-state index contributed by atoms with van der Waals surface area (Å²) < 4.78 is 18.0. The van der Waals surface area contributed by atoms with E-state index in [1.165, 1.54) is 22.3 Å². The molecule has 0 saturated carbocycles. The van der Waals surface area contributed by atoms with Crippen molar-refractivity contribution >= 4 is 0 Å². The van der Waals surface area contributed by atoms with E-state index >= 15 is 0 Å². The maximum Gasteiger partial charge on any atom is 0.119 e. The highest BCUT2D eigenvalue weighted by atomic mass is 16.5. The predicted molar refractivity (Wildman–Crippen MR) is 137 cm³/mol. The average molecular weight is 460 g/mol. The summed E-state index contributed by atoms with van der Waals surface area (Å²) in [6.45, 7) is 6.75. The van der Waals surface area contributed by atoms with E-state index in [0.29, 0.717) is 32.3 Å². The van der Waals surface area contributed by atoms with Crippen LogP contribution in [0.25, 0.3) is 0 Å². The van der Waals surface area contributed by atoms with Gasteiger partial charge in [-0.3, -0.25) is 0 Å². The number of ether oxygens (including phenoxy) is 3. The van der Waals surface area contributed by atoms with Crippen LogP contribution in [-0.2, 0) is 29.1 Å². The van der Waals surface area contributed by atoms with Crippen molar-refractivity contribution in [2.45, 2.75) is 51.4 Å². The lowest BCUT2D eigenvalue weighted by molar-refractivity contribution is 0.0106. The Morgan fingerprint density at radius 3 is 2.29 bits per heavy atom. The summed E-state index contributed by atoms with van der Waals surface area (Å²) in [5.74, 6) is 1.31. The molecule has 0 aromatic heterocycles. The van der Waals surface area contributed by atoms with Gasteiger partial charge in [0, 0.05) is 18.9 Å². The molecule has 1 aliphatic rings. The molecule has 4 heteroatoms. The van der Waals surface area contributed by atoms with E-state index in [1.807, 2.05) is 18.2 Å². The first kappa shape index (κ1) is 24.5. The Labute approximate surface area is 204 Å². The number of aryl methyl sites for hydroxylation is 1. The van der Waals surface area contributed by atoms with Gasteiger partial charge in [0.15, 0.2) is 0 Å². The second-order valence-corrected chi connectivity index (χ2v) is 8.93. The van der Waals surface area contributed by atoms with Gasteiger partial charge in [-0.2, -0.15) is 0 Å². The molecule has 1 aliphatic heterocycles. The van der Waals surface area contributed by atoms with Crippen molar-refractivity contribution < 1.29 is 14.2 Å². The molecule has 4 rings (SSSR count). The fourth-order valence-electron chi connectivity index (χ4n) is 4.39. The predicted octanol–water partition coefficient (Wildman–Crippen LogP) is 5.90. The van der Waals surface area contributed by atoms with Crippen molar-refractivity contribution in [3.8, 4) is 5.75 Å². The summed E-state index contributed by atoms with van der Waals surface area (Å²) in [7, 11) is 0. The topological polar surface area (TPSA) is 39.7 Å². The first-order valence-corrected chi connectivity index (χ1v) is 12.6. The smallest absolute Gasteiger partial charge is 0.119 e. The summed E-state index contributed by atoms with van der Waals surface area (Å²) >= 11 is 0. The Hall–Kier alpha value is -2.66. The average Bonchev–Trinajstić information content (AvgIpc) is 2.91. The van der Waals surface area contributed by atoms with Crippen LogP contribution in [-0.4, -0.2) is 32.4 Å². The fourth-order valence-corrected chi connectivity index (χ4v) is 4.39. The van der Waals surface area contributed by atoms with Crippen molar-refractivity contribution in [3.05, 3.63) is 101 Å². The molecule has 0 amide bonds. The number of rotatable bonds is 12. The van der Waals surface area contributed by atoms with Gasteiger partial charge in [-0.05, 0) is 53.8 Å². The van der Waals surface area contributed by atoms with Crippen LogP contribution in [0, 0.1) is 0 Å². The molecule has 1 fully saturated rings. The van der Waals surface area contributed by atoms with Crippen LogP contribution in [0.2, 0.25) is 0 Å². The molecule has 1 heterocycles. The first-order chi connectivity index (χ1) is 16.8. The SMILES string of the molecule is CCc1ccc(COC2CNCCC2c2ccc(OCCCOCc3ccccc3)cc2)cc1. The van der Waals surface area contributed by atoms with Crippen LogP contribution in [0.15, 0.2) is 78.9 Å². The molecular formula is C30H37NO3. The zero-order chi connectivity index (χ0) is 23.4. The lowest BCUT2D eigenvalue weighted by Gasteiger charge is -2.32. The van der Waals surface area contributed by atoms with E-state index in [9.17, 15) is 0 Å². The second-order valence-electron chi connectivity index (χ2n) is 8.93. The van der Waals surface area contributed by atoms with Crippen LogP contribution >= 0.6 is 0 Å². The maximum absolute atomic E-state index is 6.37. The third kappa shape index (κ3) is 7.42. The quantitative estimate of drug-likeness (QED) is 0.343. The summed E-state index contributed by atoms with van der Waals surface area (Å²) in [6, 6.07) is 27.6. The van der Waals surface area contributed by atoms with E-state index < -0.39 is 0 Å². The Kier molecular flexibility index (Phi) is 9.56. The molecule has 1 saturated heterocycles. The van der Waals surface area contributed by atoms with Crippen molar-refractivity contribution in [3.63, 3.8) is 0 Å². The fraction of sp³-hybridized carbons (Fsp3) is 0.400. The summed E-state index contributed by atoms with van der Waals surface area (Å²) in [4.78, 5) is 0. The van der Waals surface area contributed by atoms with Gasteiger partial charge in [-0.25, -0.2) is 0 Å². The van der Waals surface area contributed by atoms with Gasteiger partial charge in [0.25, 0.3) is 0 Å². The van der Waals surface area contributed by atoms with E-state index in [0.717, 1.165) is 38.1 Å². The zero-order valence-corrected chi connectivity index (χ0v) is 20.2. The third-order valence-electron chi connectivity index (χ3n) is 6.44. The summed E-state index contributed by atoms with van der Waals surface area (Å²) in [6.07, 6.45) is 3.20. The molecule has 0 spiro atoms. The van der Waals surface area contributed by atoms with Gasteiger partial charge in [0.2, 0.25) is 0 Å². The van der Waals surface area contributed by atoms with Gasteiger partial charge in [0.1, 0.15) is 5.75 Å². The van der Waals surface area contributed by atoms with Crippen molar-refractivity contribution in [2.24, 2.45) is 0 Å². The molecule has 1 N–H and O–H groups in total. The molecule has 2 atom stereocenters. The van der Waals surface area contributed by atoms with Crippen LogP contribution < -0.4 is 10.1 Å². The lowest BCUT2D eigenvalue weighted by Crippen LogP contribution is -2.40. The normalized spacial score (nSPS) is 18.0. The minimum Gasteiger partial charge on any atom is -0.494 e. The second kappa shape index (κ2) is 13.3. The van der Waals surface area contributed by atoms with Crippen LogP contribution in [0.4, 0.5) is 0 Å². The molecular weight excluding hydrogens is 422 g/mol. The van der Waals surface area contributed by atoms with Gasteiger partial charge in [0.05, 0.1) is 32.5 Å². The first-order valence-electron chi connectivity index (χ1n) is 12.6. The Bertz CT molecular complexity index is 957. The van der Waals surface area contributed by atoms with Gasteiger partial charge in [-0.1, -0.05) is 73.7 Å². The van der Waals surface area contributed by atoms with Crippen LogP contribution in [0.5, 0.6) is 5.75 Å². The minimum atomic E-state index is 0.174. The number of hydrogen-bond donors (Lipinski definition) is 1. The number of piperidine rings is 1. The van der Waals surface area contributed by atoms with Crippen LogP contribution in [0.3, 0.4) is 0 Å². The highest BCUT2D eigenvalue weighted by molar-refractivity contribution is 5.30. The summed E-state index contributed by atoms with van der Waals surface area (Å²) in [5.41, 5.74) is 5.13. The summed E-state index contributed by atoms with van der Waals surface area (Å²) in [5, 5.41) is 3.49. The molecule has 0 radical (unpaired) electrons. The molecule has 34 heavy (non-hydrogen) atoms. The van der Waals surface area contributed by atoms with Gasteiger partial charge < -0.3 is 19.5 Å². The Balaban J connectivity index is 1.21. The van der Waals surface area contributed by atoms with Crippen LogP contribution in [0.1, 0.15) is 47.9 Å². The molecule has 2 unspecified atom stereocenters. The van der Waals surface area contributed by atoms with E-state index in [2.05, 4.69) is 72.9 Å². The Morgan fingerprint density at radius 1 is 0.794 bits per heavy atom. The number of nitrogens with one attached hydrogen (secondary N) is 1. The number of benzene rings is 3. The van der Waals surface area contributed by atoms with Crippen molar-refractivity contribution in [1.82, 2.24) is 5.32 Å². The van der Waals surface area contributed by atoms with Gasteiger partial charge in [-0.15, -0.1) is 0 Å². The molecule has 4 nitrogen and oxygen atoms in total. The largest absolute Gasteiger partial charge is 0.494 e. The third-order valence-corrected chi connectivity index (χ3v) is 6.44. The van der Waals surface area contributed by atoms with E-state index in [4.69, 9.17) is 14.2 Å².